The van der Waals surface area contributed by atoms with E-state index in [9.17, 15) is 0 Å². The molecule has 2 atom stereocenters. The van der Waals surface area contributed by atoms with Crippen LogP contribution in [0.1, 0.15) is 11.6 Å². The fraction of sp³-hybridized carbons (Fsp3) is 0.455. The molecule has 1 N–H and O–H groups in total. The van der Waals surface area contributed by atoms with E-state index in [0.717, 1.165) is 25.4 Å². The first kappa shape index (κ1) is 13.2. The zero-order chi connectivity index (χ0) is 12.1. The average molecular weight is 287 g/mol. The van der Waals surface area contributed by atoms with Gasteiger partial charge in [-0.15, -0.1) is 0 Å². The van der Waals surface area contributed by atoms with Crippen molar-refractivity contribution >= 4 is 29.9 Å². The first-order valence-electron chi connectivity index (χ1n) is 5.50. The number of hydrogen-bond donors (Lipinski definition) is 1. The molecule has 1 aromatic rings. The number of benzene rings is 1. The Morgan fingerprint density at radius 2 is 2.24 bits per heavy atom. The number of ether oxygens (including phenoxy) is 1. The van der Waals surface area contributed by atoms with Gasteiger partial charge >= 0.3 is 0 Å². The number of hydrogen-bond acceptors (Lipinski definition) is 5. The van der Waals surface area contributed by atoms with Crippen LogP contribution in [0.25, 0.3) is 0 Å². The lowest BCUT2D eigenvalue weighted by Crippen LogP contribution is -2.42. The van der Waals surface area contributed by atoms with E-state index in [1.807, 2.05) is 12.1 Å². The summed E-state index contributed by atoms with van der Waals surface area (Å²) in [6.07, 6.45) is 0. The van der Waals surface area contributed by atoms with Gasteiger partial charge in [-0.05, 0) is 17.7 Å². The second kappa shape index (κ2) is 6.66. The van der Waals surface area contributed by atoms with Gasteiger partial charge in [0.2, 0.25) is 6.56 Å². The van der Waals surface area contributed by atoms with Gasteiger partial charge in [0.1, 0.15) is 5.75 Å². The molecule has 0 radical (unpaired) electrons. The minimum Gasteiger partial charge on any atom is -0.497 e. The third-order valence-electron chi connectivity index (χ3n) is 2.85. The molecule has 6 heteroatoms. The molecule has 1 aliphatic rings. The second-order valence-electron chi connectivity index (χ2n) is 3.81. The Morgan fingerprint density at radius 1 is 1.47 bits per heavy atom. The number of nitrogens with zero attached hydrogens (tertiary/aromatic N) is 1. The van der Waals surface area contributed by atoms with Crippen LogP contribution in [-0.2, 0) is 11.8 Å². The molecule has 0 saturated carbocycles. The van der Waals surface area contributed by atoms with Gasteiger partial charge < -0.3 is 10.1 Å². The number of methoxy groups -OCH3 is 1. The van der Waals surface area contributed by atoms with Crippen LogP contribution in [0.5, 0.6) is 5.75 Å². The van der Waals surface area contributed by atoms with Crippen molar-refractivity contribution in [1.82, 2.24) is 9.62 Å². The molecule has 17 heavy (non-hydrogen) atoms. The highest BCUT2D eigenvalue weighted by molar-refractivity contribution is 8.56. The molecule has 2 unspecified atom stereocenters. The molecule has 2 rings (SSSR count). The molecule has 0 amide bonds. The van der Waals surface area contributed by atoms with Crippen molar-refractivity contribution in [3.05, 3.63) is 29.8 Å². The normalized spacial score (nSPS) is 21.6. The zero-order valence-electron chi connectivity index (χ0n) is 9.68. The fourth-order valence-corrected chi connectivity index (χ4v) is 4.36. The number of piperazine rings is 1. The fourth-order valence-electron chi connectivity index (χ4n) is 1.95. The van der Waals surface area contributed by atoms with E-state index in [2.05, 4.69) is 21.8 Å². The lowest BCUT2D eigenvalue weighted by molar-refractivity contribution is 0.298. The summed E-state index contributed by atoms with van der Waals surface area (Å²) >= 11 is 6.85. The van der Waals surface area contributed by atoms with Crippen LogP contribution in [0.2, 0.25) is 0 Å². The second-order valence-corrected chi connectivity index (χ2v) is 7.17. The van der Waals surface area contributed by atoms with E-state index >= 15 is 0 Å². The predicted octanol–water partition coefficient (Wildman–Crippen LogP) is 2.35. The topological polar surface area (TPSA) is 24.5 Å². The predicted molar refractivity (Wildman–Crippen MR) is 78.6 cm³/mol. The van der Waals surface area contributed by atoms with Crippen molar-refractivity contribution in [3.63, 3.8) is 0 Å². The monoisotopic (exact) mass is 287 g/mol. The van der Waals surface area contributed by atoms with E-state index in [0.29, 0.717) is 12.6 Å². The average Bonchev–Trinajstić information content (AvgIpc) is 2.40. The Balaban J connectivity index is 2.14. The van der Waals surface area contributed by atoms with E-state index < -0.39 is 0 Å². The van der Waals surface area contributed by atoms with Crippen molar-refractivity contribution in [3.8, 4) is 5.75 Å². The van der Waals surface area contributed by atoms with Crippen molar-refractivity contribution in [2.75, 3.05) is 26.7 Å². The summed E-state index contributed by atoms with van der Waals surface area (Å²) in [5.41, 5.74) is 1.32. The summed E-state index contributed by atoms with van der Waals surface area (Å²) in [5, 5.41) is 3.43. The van der Waals surface area contributed by atoms with E-state index in [1.54, 1.807) is 18.7 Å². The minimum atomic E-state index is 0.412. The van der Waals surface area contributed by atoms with Crippen LogP contribution in [0.4, 0.5) is 0 Å². The van der Waals surface area contributed by atoms with E-state index in [1.165, 1.54) is 5.56 Å². The largest absolute Gasteiger partial charge is 0.497 e. The van der Waals surface area contributed by atoms with Crippen molar-refractivity contribution in [2.45, 2.75) is 6.04 Å². The summed E-state index contributed by atoms with van der Waals surface area (Å²) in [6, 6.07) is 8.72. The highest BCUT2D eigenvalue weighted by Crippen LogP contribution is 2.34. The van der Waals surface area contributed by atoms with Crippen LogP contribution in [0.3, 0.4) is 0 Å². The van der Waals surface area contributed by atoms with Gasteiger partial charge in [0.25, 0.3) is 0 Å². The van der Waals surface area contributed by atoms with Gasteiger partial charge in [-0.2, -0.15) is 4.31 Å². The van der Waals surface area contributed by atoms with Gasteiger partial charge in [-0.1, -0.05) is 12.1 Å². The molecule has 1 fully saturated rings. The summed E-state index contributed by atoms with van der Waals surface area (Å²) in [6.45, 7) is 3.56. The first-order valence-corrected chi connectivity index (χ1v) is 9.13. The van der Waals surface area contributed by atoms with Gasteiger partial charge in [-0.3, -0.25) is 0 Å². The Morgan fingerprint density at radius 3 is 2.88 bits per heavy atom. The smallest absolute Gasteiger partial charge is 0.247 e. The maximum Gasteiger partial charge on any atom is 0.247 e. The van der Waals surface area contributed by atoms with Gasteiger partial charge in [0.05, 0.1) is 13.2 Å². The third kappa shape index (κ3) is 3.39. The van der Waals surface area contributed by atoms with Crippen LogP contribution >= 0.6 is 18.1 Å². The maximum absolute atomic E-state index is 5.18. The number of nitrogens with one attached hydrogen (secondary N) is 1. The van der Waals surface area contributed by atoms with Crippen LogP contribution in [-0.4, -0.2) is 31.0 Å². The Bertz CT molecular complexity index is 374. The van der Waals surface area contributed by atoms with Gasteiger partial charge in [-0.25, -0.2) is 0 Å². The van der Waals surface area contributed by atoms with Gasteiger partial charge in [0, 0.05) is 19.6 Å². The number of rotatable bonds is 4. The maximum atomic E-state index is 5.18. The zero-order valence-corrected chi connectivity index (χ0v) is 12.3. The van der Waals surface area contributed by atoms with E-state index in [-0.39, 0.29) is 0 Å². The molecule has 0 bridgehead atoms. The molecular formula is C11H16N2OPS2+. The molecule has 1 heterocycles. The van der Waals surface area contributed by atoms with Crippen molar-refractivity contribution in [2.24, 2.45) is 0 Å². The third-order valence-corrected chi connectivity index (χ3v) is 5.19. The summed E-state index contributed by atoms with van der Waals surface area (Å²) < 4.78 is 7.57. The van der Waals surface area contributed by atoms with Crippen molar-refractivity contribution < 1.29 is 4.74 Å². The molecule has 0 aliphatic carbocycles. The van der Waals surface area contributed by atoms with Crippen LogP contribution in [0.15, 0.2) is 24.3 Å². The van der Waals surface area contributed by atoms with E-state index in [4.69, 9.17) is 16.5 Å². The SMILES string of the molecule is COc1ccc(C2CNCCN2S[PH+]=S)cc1. The summed E-state index contributed by atoms with van der Waals surface area (Å²) in [5.74, 6) is 0.905. The summed E-state index contributed by atoms with van der Waals surface area (Å²) in [7, 11) is 1.69. The molecule has 0 aromatic heterocycles. The van der Waals surface area contributed by atoms with Crippen LogP contribution < -0.4 is 10.1 Å². The highest BCUT2D eigenvalue weighted by atomic mass is 32.9. The summed E-state index contributed by atoms with van der Waals surface area (Å²) in [4.78, 5) is 0. The lowest BCUT2D eigenvalue weighted by atomic mass is 10.1. The quantitative estimate of drug-likeness (QED) is 0.677. The van der Waals surface area contributed by atoms with Crippen molar-refractivity contribution in [1.29, 1.82) is 0 Å². The van der Waals surface area contributed by atoms with Crippen LogP contribution in [0, 0.1) is 0 Å². The molecule has 1 saturated heterocycles. The Hall–Kier alpha value is -0.190. The minimum absolute atomic E-state index is 0.412. The molecule has 92 valence electrons. The van der Waals surface area contributed by atoms with Gasteiger partial charge in [0.15, 0.2) is 23.4 Å². The lowest BCUT2D eigenvalue weighted by Gasteiger charge is -2.31. The Kier molecular flexibility index (Phi) is 5.19. The first-order chi connectivity index (χ1) is 8.35. The molecule has 3 nitrogen and oxygen atoms in total. The molecular weight excluding hydrogens is 271 g/mol. The molecule has 1 aliphatic heterocycles. The standard InChI is InChI=1S/C11H15N2OPS2/c1-14-10-4-2-9(3-5-10)11-8-12-6-7-13(11)17-15-16/h2-5,11-12H,6-8H2,1H3/p+1. The molecule has 1 aromatic carbocycles. The molecule has 0 spiro atoms. The Labute approximate surface area is 113 Å². The highest BCUT2D eigenvalue weighted by Gasteiger charge is 2.26.